The molecular weight excluding hydrogens is 404 g/mol. The summed E-state index contributed by atoms with van der Waals surface area (Å²) in [4.78, 5) is 0. The molecule has 178 valence electrons. The highest BCUT2D eigenvalue weighted by Crippen LogP contribution is 2.15. The van der Waals surface area contributed by atoms with Gasteiger partial charge in [-0.25, -0.2) is 11.0 Å². The van der Waals surface area contributed by atoms with Crippen LogP contribution in [-0.2, 0) is 13.1 Å². The van der Waals surface area contributed by atoms with Crippen molar-refractivity contribution < 1.29 is 19.9 Å². The molecule has 0 aromatic heterocycles. The molecule has 0 atom stereocenters. The Morgan fingerprint density at radius 2 is 0.781 bits per heavy atom. The van der Waals surface area contributed by atoms with E-state index in [9.17, 15) is 0 Å². The van der Waals surface area contributed by atoms with Crippen LogP contribution in [0.4, 0.5) is 0 Å². The lowest BCUT2D eigenvalue weighted by Crippen LogP contribution is -2.05. The summed E-state index contributed by atoms with van der Waals surface area (Å²) < 4.78 is 11.5. The van der Waals surface area contributed by atoms with E-state index in [0.29, 0.717) is 13.1 Å². The second kappa shape index (κ2) is 17.4. The molecular formula is C26H40N2O4. The van der Waals surface area contributed by atoms with Crippen LogP contribution in [0.15, 0.2) is 48.5 Å². The summed E-state index contributed by atoms with van der Waals surface area (Å²) in [6.07, 6.45) is 12.5. The molecule has 6 heteroatoms. The third-order valence-electron chi connectivity index (χ3n) is 5.49. The largest absolute Gasteiger partial charge is 0.494 e. The Balaban J connectivity index is 1.33. The Labute approximate surface area is 192 Å². The van der Waals surface area contributed by atoms with E-state index in [-0.39, 0.29) is 0 Å². The topological polar surface area (TPSA) is 83.0 Å². The van der Waals surface area contributed by atoms with Crippen LogP contribution in [0.1, 0.15) is 75.3 Å². The molecule has 0 heterocycles. The fraction of sp³-hybridized carbons (Fsp3) is 0.538. The standard InChI is InChI=1S/C26H40N2O4/c29-27-21-23-11-15-25(16-12-23)31-19-9-7-5-3-1-2-4-6-8-10-20-32-26-17-13-24(14-18-26)22-28-30/h11-18,27-30H,1-10,19-22H2. The first-order chi connectivity index (χ1) is 15.8. The van der Waals surface area contributed by atoms with Crippen molar-refractivity contribution in [2.45, 2.75) is 77.3 Å². The van der Waals surface area contributed by atoms with Gasteiger partial charge >= 0.3 is 0 Å². The zero-order valence-electron chi connectivity index (χ0n) is 19.2. The van der Waals surface area contributed by atoms with Crippen molar-refractivity contribution in [3.8, 4) is 11.5 Å². The molecule has 32 heavy (non-hydrogen) atoms. The highest BCUT2D eigenvalue weighted by Gasteiger charge is 1.98. The zero-order valence-corrected chi connectivity index (χ0v) is 19.2. The first-order valence-corrected chi connectivity index (χ1v) is 12.0. The molecule has 0 unspecified atom stereocenters. The number of rotatable bonds is 19. The van der Waals surface area contributed by atoms with Gasteiger partial charge in [0.25, 0.3) is 0 Å². The Morgan fingerprint density at radius 1 is 0.469 bits per heavy atom. The fourth-order valence-corrected chi connectivity index (χ4v) is 3.59. The molecule has 0 aliphatic rings. The van der Waals surface area contributed by atoms with Gasteiger partial charge in [0.05, 0.1) is 13.2 Å². The van der Waals surface area contributed by atoms with Crippen LogP contribution in [0.5, 0.6) is 11.5 Å². The average Bonchev–Trinajstić information content (AvgIpc) is 2.82. The van der Waals surface area contributed by atoms with Gasteiger partial charge in [-0.3, -0.25) is 0 Å². The van der Waals surface area contributed by atoms with Gasteiger partial charge in [-0.2, -0.15) is 0 Å². The predicted octanol–water partition coefficient (Wildman–Crippen LogP) is 6.00. The summed E-state index contributed by atoms with van der Waals surface area (Å²) in [7, 11) is 0. The monoisotopic (exact) mass is 444 g/mol. The van der Waals surface area contributed by atoms with Crippen LogP contribution in [0, 0.1) is 0 Å². The molecule has 2 aromatic carbocycles. The minimum atomic E-state index is 0.454. The van der Waals surface area contributed by atoms with Crippen LogP contribution in [0.2, 0.25) is 0 Å². The highest BCUT2D eigenvalue weighted by atomic mass is 16.5. The summed E-state index contributed by atoms with van der Waals surface area (Å²) in [6.45, 7) is 2.44. The molecule has 0 saturated carbocycles. The van der Waals surface area contributed by atoms with Crippen LogP contribution in [-0.4, -0.2) is 23.6 Å². The van der Waals surface area contributed by atoms with Gasteiger partial charge in [-0.05, 0) is 48.2 Å². The molecule has 0 aliphatic carbocycles. The molecule has 0 fully saturated rings. The predicted molar refractivity (Wildman–Crippen MR) is 127 cm³/mol. The van der Waals surface area contributed by atoms with E-state index < -0.39 is 0 Å². The molecule has 0 radical (unpaired) electrons. The maximum atomic E-state index is 8.69. The number of hydrogen-bond donors (Lipinski definition) is 4. The van der Waals surface area contributed by atoms with Crippen molar-refractivity contribution >= 4 is 0 Å². The van der Waals surface area contributed by atoms with E-state index in [1.807, 2.05) is 48.5 Å². The summed E-state index contributed by atoms with van der Waals surface area (Å²) in [5, 5.41) is 17.4. The molecule has 6 nitrogen and oxygen atoms in total. The highest BCUT2D eigenvalue weighted by molar-refractivity contribution is 5.27. The normalized spacial score (nSPS) is 10.9. The summed E-state index contributed by atoms with van der Waals surface area (Å²) in [5.41, 5.74) is 6.38. The molecule has 0 amide bonds. The van der Waals surface area contributed by atoms with Crippen LogP contribution < -0.4 is 20.4 Å². The zero-order chi connectivity index (χ0) is 22.7. The molecule has 0 spiro atoms. The van der Waals surface area contributed by atoms with E-state index in [1.165, 1.54) is 51.4 Å². The lowest BCUT2D eigenvalue weighted by molar-refractivity contribution is 0.161. The first-order valence-electron chi connectivity index (χ1n) is 12.0. The van der Waals surface area contributed by atoms with Crippen molar-refractivity contribution in [1.29, 1.82) is 0 Å². The van der Waals surface area contributed by atoms with E-state index >= 15 is 0 Å². The number of hydroxylamine groups is 2. The number of benzene rings is 2. The molecule has 0 bridgehead atoms. The van der Waals surface area contributed by atoms with Gasteiger partial charge in [0.1, 0.15) is 11.5 Å². The summed E-state index contributed by atoms with van der Waals surface area (Å²) in [6, 6.07) is 15.7. The van der Waals surface area contributed by atoms with Crippen LogP contribution >= 0.6 is 0 Å². The van der Waals surface area contributed by atoms with Crippen molar-refractivity contribution in [3.63, 3.8) is 0 Å². The van der Waals surface area contributed by atoms with Gasteiger partial charge in [-0.15, -0.1) is 0 Å². The third kappa shape index (κ3) is 12.1. The number of unbranched alkanes of at least 4 members (excludes halogenated alkanes) is 9. The Kier molecular flexibility index (Phi) is 14.2. The third-order valence-corrected chi connectivity index (χ3v) is 5.49. The quantitative estimate of drug-likeness (QED) is 0.157. The average molecular weight is 445 g/mol. The number of nitrogens with one attached hydrogen (secondary N) is 2. The van der Waals surface area contributed by atoms with Gasteiger partial charge < -0.3 is 19.9 Å². The maximum absolute atomic E-state index is 8.69. The SMILES string of the molecule is ONCc1ccc(OCCCCCCCCCCCCOc2ccc(CNO)cc2)cc1. The van der Waals surface area contributed by atoms with Crippen molar-refractivity contribution in [2.24, 2.45) is 0 Å². The summed E-state index contributed by atoms with van der Waals surface area (Å²) >= 11 is 0. The minimum Gasteiger partial charge on any atom is -0.494 e. The van der Waals surface area contributed by atoms with Gasteiger partial charge in [-0.1, -0.05) is 75.6 Å². The second-order valence-corrected chi connectivity index (χ2v) is 8.19. The Hall–Kier alpha value is -2.12. The fourth-order valence-electron chi connectivity index (χ4n) is 3.59. The van der Waals surface area contributed by atoms with Crippen molar-refractivity contribution in [1.82, 2.24) is 11.0 Å². The molecule has 4 N–H and O–H groups in total. The van der Waals surface area contributed by atoms with Gasteiger partial charge in [0, 0.05) is 13.1 Å². The van der Waals surface area contributed by atoms with Gasteiger partial charge in [0.2, 0.25) is 0 Å². The van der Waals surface area contributed by atoms with Crippen molar-refractivity contribution in [3.05, 3.63) is 59.7 Å². The Morgan fingerprint density at radius 3 is 1.09 bits per heavy atom. The first kappa shape index (κ1) is 26.1. The Bertz CT molecular complexity index is 630. The molecule has 2 aromatic rings. The van der Waals surface area contributed by atoms with E-state index in [4.69, 9.17) is 19.9 Å². The maximum Gasteiger partial charge on any atom is 0.119 e. The minimum absolute atomic E-state index is 0.454. The smallest absolute Gasteiger partial charge is 0.119 e. The lowest BCUT2D eigenvalue weighted by atomic mass is 10.1. The summed E-state index contributed by atoms with van der Waals surface area (Å²) in [5.74, 6) is 1.79. The lowest BCUT2D eigenvalue weighted by Gasteiger charge is -2.08. The van der Waals surface area contributed by atoms with E-state index in [1.54, 1.807) is 0 Å². The van der Waals surface area contributed by atoms with Gasteiger partial charge in [0.15, 0.2) is 0 Å². The van der Waals surface area contributed by atoms with Crippen LogP contribution in [0.3, 0.4) is 0 Å². The number of ether oxygens (including phenoxy) is 2. The second-order valence-electron chi connectivity index (χ2n) is 8.19. The molecule has 2 rings (SSSR count). The van der Waals surface area contributed by atoms with E-state index in [0.717, 1.165) is 48.7 Å². The number of hydrogen-bond acceptors (Lipinski definition) is 6. The van der Waals surface area contributed by atoms with Crippen LogP contribution in [0.25, 0.3) is 0 Å². The van der Waals surface area contributed by atoms with Crippen molar-refractivity contribution in [2.75, 3.05) is 13.2 Å². The molecule has 0 saturated heterocycles. The molecule has 0 aliphatic heterocycles. The van der Waals surface area contributed by atoms with E-state index in [2.05, 4.69) is 11.0 Å².